The fourth-order valence-electron chi connectivity index (χ4n) is 1.81. The lowest BCUT2D eigenvalue weighted by molar-refractivity contribution is 0.276. The highest BCUT2D eigenvalue weighted by molar-refractivity contribution is 5.48. The summed E-state index contributed by atoms with van der Waals surface area (Å²) in [6, 6.07) is 0. The SMILES string of the molecule is CNc1nc(C2CC2)nc(OCCC(C)C)c1C. The first-order valence-corrected chi connectivity index (χ1v) is 6.81. The first-order valence-electron chi connectivity index (χ1n) is 6.81. The third-order valence-corrected chi connectivity index (χ3v) is 3.23. The lowest BCUT2D eigenvalue weighted by atomic mass is 10.1. The average molecular weight is 249 g/mol. The Morgan fingerprint density at radius 1 is 1.33 bits per heavy atom. The molecule has 1 fully saturated rings. The Labute approximate surface area is 109 Å². The van der Waals surface area contributed by atoms with Crippen LogP contribution in [0.4, 0.5) is 5.82 Å². The van der Waals surface area contributed by atoms with Gasteiger partial charge in [-0.1, -0.05) is 13.8 Å². The van der Waals surface area contributed by atoms with Gasteiger partial charge < -0.3 is 10.1 Å². The maximum Gasteiger partial charge on any atom is 0.221 e. The third kappa shape index (κ3) is 3.12. The van der Waals surface area contributed by atoms with Crippen LogP contribution in [0.3, 0.4) is 0 Å². The molecule has 2 rings (SSSR count). The Morgan fingerprint density at radius 3 is 2.61 bits per heavy atom. The van der Waals surface area contributed by atoms with Crippen molar-refractivity contribution in [1.29, 1.82) is 0 Å². The van der Waals surface area contributed by atoms with Gasteiger partial charge in [0.15, 0.2) is 0 Å². The quantitative estimate of drug-likeness (QED) is 0.841. The van der Waals surface area contributed by atoms with Crippen LogP contribution in [0.25, 0.3) is 0 Å². The number of rotatable bonds is 6. The number of anilines is 1. The minimum atomic E-state index is 0.546. The smallest absolute Gasteiger partial charge is 0.221 e. The molecule has 1 N–H and O–H groups in total. The second kappa shape index (κ2) is 5.55. The van der Waals surface area contributed by atoms with Gasteiger partial charge in [-0.15, -0.1) is 0 Å². The minimum absolute atomic E-state index is 0.546. The summed E-state index contributed by atoms with van der Waals surface area (Å²) >= 11 is 0. The van der Waals surface area contributed by atoms with Crippen LogP contribution >= 0.6 is 0 Å². The summed E-state index contributed by atoms with van der Waals surface area (Å²) < 4.78 is 5.82. The topological polar surface area (TPSA) is 47.0 Å². The monoisotopic (exact) mass is 249 g/mol. The zero-order valence-corrected chi connectivity index (χ0v) is 11.8. The summed E-state index contributed by atoms with van der Waals surface area (Å²) in [7, 11) is 1.89. The zero-order chi connectivity index (χ0) is 13.1. The fraction of sp³-hybridized carbons (Fsp3) is 0.714. The maximum atomic E-state index is 5.82. The van der Waals surface area contributed by atoms with Crippen molar-refractivity contribution in [3.8, 4) is 5.88 Å². The van der Waals surface area contributed by atoms with E-state index in [1.807, 2.05) is 14.0 Å². The Morgan fingerprint density at radius 2 is 2.06 bits per heavy atom. The van der Waals surface area contributed by atoms with E-state index >= 15 is 0 Å². The summed E-state index contributed by atoms with van der Waals surface area (Å²) in [6.07, 6.45) is 3.46. The van der Waals surface area contributed by atoms with Gasteiger partial charge in [0, 0.05) is 13.0 Å². The van der Waals surface area contributed by atoms with Crippen LogP contribution < -0.4 is 10.1 Å². The summed E-state index contributed by atoms with van der Waals surface area (Å²) in [6.45, 7) is 7.13. The molecule has 0 atom stereocenters. The summed E-state index contributed by atoms with van der Waals surface area (Å²) in [5, 5.41) is 3.13. The van der Waals surface area contributed by atoms with E-state index in [0.29, 0.717) is 11.8 Å². The van der Waals surface area contributed by atoms with Gasteiger partial charge in [-0.3, -0.25) is 0 Å². The molecular weight excluding hydrogens is 226 g/mol. The van der Waals surface area contributed by atoms with Crippen molar-refractivity contribution in [2.45, 2.75) is 46.0 Å². The van der Waals surface area contributed by atoms with E-state index < -0.39 is 0 Å². The molecule has 0 aromatic carbocycles. The van der Waals surface area contributed by atoms with Crippen LogP contribution in [0.2, 0.25) is 0 Å². The molecule has 0 aliphatic heterocycles. The van der Waals surface area contributed by atoms with Gasteiger partial charge in [0.1, 0.15) is 11.6 Å². The molecule has 4 heteroatoms. The summed E-state index contributed by atoms with van der Waals surface area (Å²) in [4.78, 5) is 9.12. The van der Waals surface area contributed by atoms with Crippen molar-refractivity contribution >= 4 is 5.82 Å². The Bertz CT molecular complexity index is 414. The molecule has 0 spiro atoms. The average Bonchev–Trinajstić information content (AvgIpc) is 3.15. The minimum Gasteiger partial charge on any atom is -0.477 e. The molecule has 0 amide bonds. The number of hydrogen-bond donors (Lipinski definition) is 1. The van der Waals surface area contributed by atoms with Crippen molar-refractivity contribution in [2.24, 2.45) is 5.92 Å². The first-order chi connectivity index (χ1) is 8.61. The maximum absolute atomic E-state index is 5.82. The van der Waals surface area contributed by atoms with E-state index in [1.165, 1.54) is 12.8 Å². The molecule has 1 aliphatic carbocycles. The Kier molecular flexibility index (Phi) is 4.04. The van der Waals surface area contributed by atoms with E-state index in [0.717, 1.165) is 36.1 Å². The van der Waals surface area contributed by atoms with E-state index in [2.05, 4.69) is 29.1 Å². The first kappa shape index (κ1) is 13.1. The molecule has 0 radical (unpaired) electrons. The standard InChI is InChI=1S/C14H23N3O/c1-9(2)7-8-18-14-10(3)12(15-4)16-13(17-14)11-5-6-11/h9,11H,5-8H2,1-4H3,(H,15,16,17). The van der Waals surface area contributed by atoms with Crippen LogP contribution in [0.15, 0.2) is 0 Å². The van der Waals surface area contributed by atoms with Crippen LogP contribution in [0.5, 0.6) is 5.88 Å². The van der Waals surface area contributed by atoms with E-state index in [9.17, 15) is 0 Å². The van der Waals surface area contributed by atoms with Crippen molar-refractivity contribution in [1.82, 2.24) is 9.97 Å². The van der Waals surface area contributed by atoms with Crippen LogP contribution in [0, 0.1) is 12.8 Å². The molecule has 1 aromatic heterocycles. The molecule has 4 nitrogen and oxygen atoms in total. The zero-order valence-electron chi connectivity index (χ0n) is 11.8. The normalized spacial score (nSPS) is 14.9. The van der Waals surface area contributed by atoms with Crippen molar-refractivity contribution in [3.05, 3.63) is 11.4 Å². The van der Waals surface area contributed by atoms with Gasteiger partial charge in [-0.2, -0.15) is 4.98 Å². The molecule has 0 saturated heterocycles. The number of nitrogens with zero attached hydrogens (tertiary/aromatic N) is 2. The van der Waals surface area contributed by atoms with Gasteiger partial charge in [-0.25, -0.2) is 4.98 Å². The lowest BCUT2D eigenvalue weighted by Crippen LogP contribution is -2.08. The van der Waals surface area contributed by atoms with Crippen LogP contribution in [0.1, 0.15) is 50.4 Å². The predicted octanol–water partition coefficient (Wildman–Crippen LogP) is 3.13. The van der Waals surface area contributed by atoms with E-state index in [4.69, 9.17) is 4.74 Å². The highest BCUT2D eigenvalue weighted by Crippen LogP contribution is 2.39. The molecular formula is C14H23N3O. The highest BCUT2D eigenvalue weighted by atomic mass is 16.5. The molecule has 100 valence electrons. The summed E-state index contributed by atoms with van der Waals surface area (Å²) in [5.41, 5.74) is 1.01. The van der Waals surface area contributed by atoms with Gasteiger partial charge in [0.05, 0.1) is 12.2 Å². The van der Waals surface area contributed by atoms with Gasteiger partial charge in [0.2, 0.25) is 5.88 Å². The summed E-state index contributed by atoms with van der Waals surface area (Å²) in [5.74, 6) is 3.77. The number of nitrogens with one attached hydrogen (secondary N) is 1. The lowest BCUT2D eigenvalue weighted by Gasteiger charge is -2.13. The second-order valence-electron chi connectivity index (χ2n) is 5.42. The van der Waals surface area contributed by atoms with Crippen molar-refractivity contribution < 1.29 is 4.74 Å². The molecule has 1 aromatic rings. The fourth-order valence-corrected chi connectivity index (χ4v) is 1.81. The van der Waals surface area contributed by atoms with Crippen LogP contribution in [-0.2, 0) is 0 Å². The molecule has 1 aliphatic rings. The Hall–Kier alpha value is -1.32. The predicted molar refractivity (Wildman–Crippen MR) is 73.2 cm³/mol. The van der Waals surface area contributed by atoms with E-state index in [1.54, 1.807) is 0 Å². The molecule has 0 bridgehead atoms. The molecule has 18 heavy (non-hydrogen) atoms. The number of aromatic nitrogens is 2. The molecule has 1 heterocycles. The van der Waals surface area contributed by atoms with E-state index in [-0.39, 0.29) is 0 Å². The van der Waals surface area contributed by atoms with Crippen molar-refractivity contribution in [2.75, 3.05) is 19.0 Å². The Balaban J connectivity index is 2.13. The molecule has 0 unspecified atom stereocenters. The largest absolute Gasteiger partial charge is 0.477 e. The van der Waals surface area contributed by atoms with Gasteiger partial charge in [0.25, 0.3) is 0 Å². The number of ether oxygens (including phenoxy) is 1. The number of hydrogen-bond acceptors (Lipinski definition) is 4. The second-order valence-corrected chi connectivity index (χ2v) is 5.42. The molecule has 1 saturated carbocycles. The van der Waals surface area contributed by atoms with Gasteiger partial charge >= 0.3 is 0 Å². The highest BCUT2D eigenvalue weighted by Gasteiger charge is 2.28. The van der Waals surface area contributed by atoms with Crippen LogP contribution in [-0.4, -0.2) is 23.6 Å². The van der Waals surface area contributed by atoms with Gasteiger partial charge in [-0.05, 0) is 32.1 Å². The third-order valence-electron chi connectivity index (χ3n) is 3.23. The van der Waals surface area contributed by atoms with Crippen molar-refractivity contribution in [3.63, 3.8) is 0 Å².